The summed E-state index contributed by atoms with van der Waals surface area (Å²) in [5, 5.41) is 2.33. The molecule has 1 heterocycles. The van der Waals surface area contributed by atoms with Crippen molar-refractivity contribution in [3.8, 4) is 0 Å². The zero-order valence-corrected chi connectivity index (χ0v) is 11.0. The zero-order valence-electron chi connectivity index (χ0n) is 9.45. The quantitative estimate of drug-likeness (QED) is 0.833. The highest BCUT2D eigenvalue weighted by Gasteiger charge is 2.12. The van der Waals surface area contributed by atoms with E-state index in [1.807, 2.05) is 0 Å². The number of halogens is 3. The fraction of sp³-hybridized carbons (Fsp3) is 0. The Morgan fingerprint density at radius 3 is 2.68 bits per heavy atom. The van der Waals surface area contributed by atoms with E-state index >= 15 is 0 Å². The van der Waals surface area contributed by atoms with Crippen LogP contribution in [0.4, 0.5) is 20.3 Å². The molecule has 0 atom stereocenters. The van der Waals surface area contributed by atoms with Crippen molar-refractivity contribution in [2.24, 2.45) is 0 Å². The van der Waals surface area contributed by atoms with Crippen LogP contribution >= 0.6 is 15.9 Å². The highest BCUT2D eigenvalue weighted by molar-refractivity contribution is 9.10. The van der Waals surface area contributed by atoms with E-state index < -0.39 is 17.5 Å². The molecule has 0 spiro atoms. The van der Waals surface area contributed by atoms with Gasteiger partial charge in [-0.05, 0) is 34.1 Å². The molecule has 0 aliphatic heterocycles. The summed E-state index contributed by atoms with van der Waals surface area (Å²) in [4.78, 5) is 15.6. The number of rotatable bonds is 2. The van der Waals surface area contributed by atoms with Gasteiger partial charge in [-0.25, -0.2) is 13.8 Å². The Labute approximate surface area is 115 Å². The third-order valence-electron chi connectivity index (χ3n) is 2.30. The first kappa shape index (κ1) is 13.4. The number of benzene rings is 1. The summed E-state index contributed by atoms with van der Waals surface area (Å²) in [5.74, 6) is -2.00. The third kappa shape index (κ3) is 3.05. The van der Waals surface area contributed by atoms with Crippen LogP contribution in [0.3, 0.4) is 0 Å². The van der Waals surface area contributed by atoms with Gasteiger partial charge in [0.2, 0.25) is 0 Å². The maximum Gasteiger partial charge on any atom is 0.255 e. The van der Waals surface area contributed by atoms with Crippen LogP contribution in [0.15, 0.2) is 34.9 Å². The molecular formula is C12H8BrF2N3O. The van der Waals surface area contributed by atoms with Crippen molar-refractivity contribution in [2.75, 3.05) is 11.1 Å². The SMILES string of the molecule is Nc1cc(C(=O)Nc2cc(Br)c(F)cc2F)ccn1. The van der Waals surface area contributed by atoms with Crippen LogP contribution in [-0.4, -0.2) is 10.9 Å². The molecule has 1 amide bonds. The molecule has 19 heavy (non-hydrogen) atoms. The van der Waals surface area contributed by atoms with Gasteiger partial charge in [-0.3, -0.25) is 4.79 Å². The fourth-order valence-corrected chi connectivity index (χ4v) is 1.75. The average Bonchev–Trinajstić information content (AvgIpc) is 2.36. The normalized spacial score (nSPS) is 10.3. The second kappa shape index (κ2) is 5.31. The molecule has 0 unspecified atom stereocenters. The van der Waals surface area contributed by atoms with Gasteiger partial charge in [0.05, 0.1) is 10.2 Å². The molecule has 0 aliphatic carbocycles. The Hall–Kier alpha value is -2.02. The zero-order chi connectivity index (χ0) is 14.0. The first-order chi connectivity index (χ1) is 8.97. The average molecular weight is 328 g/mol. The Morgan fingerprint density at radius 1 is 1.26 bits per heavy atom. The maximum atomic E-state index is 13.5. The van der Waals surface area contributed by atoms with Crippen molar-refractivity contribution >= 4 is 33.3 Å². The van der Waals surface area contributed by atoms with Crippen LogP contribution in [-0.2, 0) is 0 Å². The molecule has 4 nitrogen and oxygen atoms in total. The van der Waals surface area contributed by atoms with Gasteiger partial charge in [-0.2, -0.15) is 0 Å². The Morgan fingerprint density at radius 2 is 2.00 bits per heavy atom. The molecule has 1 aromatic carbocycles. The number of nitrogens with two attached hydrogens (primary N) is 1. The molecule has 1 aromatic heterocycles. The maximum absolute atomic E-state index is 13.5. The standard InChI is InChI=1S/C12H8BrF2N3O/c13-7-4-10(9(15)5-8(7)14)18-12(19)6-1-2-17-11(16)3-6/h1-5H,(H2,16,17)(H,18,19). The van der Waals surface area contributed by atoms with Crippen molar-refractivity contribution in [1.29, 1.82) is 0 Å². The monoisotopic (exact) mass is 327 g/mol. The van der Waals surface area contributed by atoms with Gasteiger partial charge in [-0.15, -0.1) is 0 Å². The van der Waals surface area contributed by atoms with E-state index in [4.69, 9.17) is 5.73 Å². The largest absolute Gasteiger partial charge is 0.384 e. The summed E-state index contributed by atoms with van der Waals surface area (Å²) in [7, 11) is 0. The van der Waals surface area contributed by atoms with Crippen LogP contribution < -0.4 is 11.1 Å². The second-order valence-corrected chi connectivity index (χ2v) is 4.52. The van der Waals surface area contributed by atoms with Gasteiger partial charge >= 0.3 is 0 Å². The summed E-state index contributed by atoms with van der Waals surface area (Å²) in [6.45, 7) is 0. The molecule has 0 saturated carbocycles. The smallest absolute Gasteiger partial charge is 0.255 e. The first-order valence-corrected chi connectivity index (χ1v) is 5.94. The van der Waals surface area contributed by atoms with Crippen molar-refractivity contribution < 1.29 is 13.6 Å². The summed E-state index contributed by atoms with van der Waals surface area (Å²) in [6, 6.07) is 4.61. The highest BCUT2D eigenvalue weighted by Crippen LogP contribution is 2.24. The van der Waals surface area contributed by atoms with Crippen LogP contribution in [0.5, 0.6) is 0 Å². The van der Waals surface area contributed by atoms with E-state index in [0.717, 1.165) is 6.07 Å². The highest BCUT2D eigenvalue weighted by atomic mass is 79.9. The number of nitrogen functional groups attached to an aromatic ring is 1. The number of nitrogens with zero attached hydrogens (tertiary/aromatic N) is 1. The molecule has 0 fully saturated rings. The Kier molecular flexibility index (Phi) is 3.75. The summed E-state index contributed by atoms with van der Waals surface area (Å²) in [6.07, 6.45) is 1.36. The minimum absolute atomic E-state index is 0.0541. The molecule has 7 heteroatoms. The fourth-order valence-electron chi connectivity index (χ4n) is 1.40. The minimum atomic E-state index is -0.865. The van der Waals surface area contributed by atoms with E-state index in [0.29, 0.717) is 6.07 Å². The van der Waals surface area contributed by atoms with Crippen molar-refractivity contribution in [3.63, 3.8) is 0 Å². The number of amides is 1. The number of anilines is 2. The van der Waals surface area contributed by atoms with Crippen LogP contribution in [0.2, 0.25) is 0 Å². The predicted octanol–water partition coefficient (Wildman–Crippen LogP) is 2.96. The second-order valence-electron chi connectivity index (χ2n) is 3.67. The summed E-state index contributed by atoms with van der Waals surface area (Å²) in [5.41, 5.74) is 5.54. The van der Waals surface area contributed by atoms with Gasteiger partial charge in [0, 0.05) is 17.8 Å². The molecular weight excluding hydrogens is 320 g/mol. The van der Waals surface area contributed by atoms with E-state index in [2.05, 4.69) is 26.2 Å². The van der Waals surface area contributed by atoms with E-state index in [1.54, 1.807) is 0 Å². The third-order valence-corrected chi connectivity index (χ3v) is 2.91. The molecule has 0 aliphatic rings. The summed E-state index contributed by atoms with van der Waals surface area (Å²) >= 11 is 2.92. The summed E-state index contributed by atoms with van der Waals surface area (Å²) < 4.78 is 26.6. The Balaban J connectivity index is 2.27. The van der Waals surface area contributed by atoms with Gasteiger partial charge in [0.1, 0.15) is 17.5 Å². The van der Waals surface area contributed by atoms with Crippen LogP contribution in [0, 0.1) is 11.6 Å². The van der Waals surface area contributed by atoms with Gasteiger partial charge in [0.25, 0.3) is 5.91 Å². The van der Waals surface area contributed by atoms with Crippen LogP contribution in [0.1, 0.15) is 10.4 Å². The number of hydrogen-bond acceptors (Lipinski definition) is 3. The molecule has 2 aromatic rings. The van der Waals surface area contributed by atoms with Crippen molar-refractivity contribution in [2.45, 2.75) is 0 Å². The van der Waals surface area contributed by atoms with Crippen molar-refractivity contribution in [1.82, 2.24) is 4.98 Å². The molecule has 0 saturated heterocycles. The van der Waals surface area contributed by atoms with E-state index in [9.17, 15) is 13.6 Å². The lowest BCUT2D eigenvalue weighted by molar-refractivity contribution is 0.102. The Bertz CT molecular complexity index is 649. The van der Waals surface area contributed by atoms with Crippen molar-refractivity contribution in [3.05, 3.63) is 52.1 Å². The van der Waals surface area contributed by atoms with Gasteiger partial charge < -0.3 is 11.1 Å². The molecule has 0 radical (unpaired) electrons. The number of hydrogen-bond donors (Lipinski definition) is 2. The molecule has 0 bridgehead atoms. The van der Waals surface area contributed by atoms with Gasteiger partial charge in [-0.1, -0.05) is 0 Å². The molecule has 2 rings (SSSR count). The number of pyridine rings is 1. The predicted molar refractivity (Wildman–Crippen MR) is 70.7 cm³/mol. The molecule has 3 N–H and O–H groups in total. The number of carbonyl (C=O) groups excluding carboxylic acids is 1. The lowest BCUT2D eigenvalue weighted by Crippen LogP contribution is -2.13. The lowest BCUT2D eigenvalue weighted by atomic mass is 10.2. The van der Waals surface area contributed by atoms with Gasteiger partial charge in [0.15, 0.2) is 0 Å². The topological polar surface area (TPSA) is 68.0 Å². The van der Waals surface area contributed by atoms with E-state index in [-0.39, 0.29) is 21.5 Å². The number of carbonyl (C=O) groups is 1. The minimum Gasteiger partial charge on any atom is -0.384 e. The number of aromatic nitrogens is 1. The van der Waals surface area contributed by atoms with E-state index in [1.165, 1.54) is 18.3 Å². The molecule has 98 valence electrons. The number of nitrogens with one attached hydrogen (secondary N) is 1. The first-order valence-electron chi connectivity index (χ1n) is 5.15. The van der Waals surface area contributed by atoms with Crippen LogP contribution in [0.25, 0.3) is 0 Å². The lowest BCUT2D eigenvalue weighted by Gasteiger charge is -2.07.